The molecule has 5 heteroatoms. The molecular formula is C21H35N3O2. The highest BCUT2D eigenvalue weighted by Gasteiger charge is 2.55. The first-order chi connectivity index (χ1) is 12.4. The standard InChI is InChI=1S/C21H35N3O2/c1-13(2)18(19(25)24-4-3-14(11-22)12-24)23-20(26)21-8-15-5-16(9-21)7-17(6-15)10-21/h13-18H,3-12,22H2,1-2H3,(H,23,26). The molecule has 1 saturated heterocycles. The van der Waals surface area contributed by atoms with E-state index in [0.29, 0.717) is 12.5 Å². The summed E-state index contributed by atoms with van der Waals surface area (Å²) in [5.74, 6) is 2.99. The lowest BCUT2D eigenvalue weighted by Crippen LogP contribution is -2.58. The number of hydrogen-bond donors (Lipinski definition) is 2. The molecule has 1 aliphatic heterocycles. The third-order valence-electron chi connectivity index (χ3n) is 7.67. The fourth-order valence-corrected chi connectivity index (χ4v) is 6.62. The van der Waals surface area contributed by atoms with Gasteiger partial charge in [-0.3, -0.25) is 9.59 Å². The minimum Gasteiger partial charge on any atom is -0.344 e. The Morgan fingerprint density at radius 1 is 1.12 bits per heavy atom. The summed E-state index contributed by atoms with van der Waals surface area (Å²) in [4.78, 5) is 28.3. The maximum absolute atomic E-state index is 13.3. The quantitative estimate of drug-likeness (QED) is 0.788. The summed E-state index contributed by atoms with van der Waals surface area (Å²) in [6.07, 6.45) is 8.10. The molecule has 0 radical (unpaired) electrons. The maximum Gasteiger partial charge on any atom is 0.245 e. The fraction of sp³-hybridized carbons (Fsp3) is 0.905. The van der Waals surface area contributed by atoms with Crippen LogP contribution in [0.5, 0.6) is 0 Å². The average Bonchev–Trinajstić information content (AvgIpc) is 3.06. The summed E-state index contributed by atoms with van der Waals surface area (Å²) < 4.78 is 0. The van der Waals surface area contributed by atoms with E-state index in [2.05, 4.69) is 5.32 Å². The Hall–Kier alpha value is -1.10. The number of carbonyl (C=O) groups is 2. The number of rotatable bonds is 5. The Morgan fingerprint density at radius 3 is 2.15 bits per heavy atom. The van der Waals surface area contributed by atoms with Crippen LogP contribution in [0.1, 0.15) is 58.8 Å². The predicted octanol–water partition coefficient (Wildman–Crippen LogP) is 2.15. The van der Waals surface area contributed by atoms with Gasteiger partial charge >= 0.3 is 0 Å². The van der Waals surface area contributed by atoms with Crippen molar-refractivity contribution in [1.29, 1.82) is 0 Å². The zero-order chi connectivity index (χ0) is 18.5. The molecule has 0 aromatic heterocycles. The lowest BCUT2D eigenvalue weighted by atomic mass is 9.49. The van der Waals surface area contributed by atoms with E-state index in [-0.39, 0.29) is 23.1 Å². The van der Waals surface area contributed by atoms with Crippen LogP contribution in [0.4, 0.5) is 0 Å². The second-order valence-corrected chi connectivity index (χ2v) is 10.1. The van der Waals surface area contributed by atoms with E-state index in [1.807, 2.05) is 18.7 Å². The van der Waals surface area contributed by atoms with Crippen molar-refractivity contribution in [2.75, 3.05) is 19.6 Å². The van der Waals surface area contributed by atoms with Crippen molar-refractivity contribution in [3.05, 3.63) is 0 Å². The molecule has 4 aliphatic carbocycles. The van der Waals surface area contributed by atoms with Crippen LogP contribution in [0.25, 0.3) is 0 Å². The van der Waals surface area contributed by atoms with Gasteiger partial charge in [-0.05, 0) is 81.1 Å². The molecule has 0 aromatic carbocycles. The lowest BCUT2D eigenvalue weighted by molar-refractivity contribution is -0.150. The van der Waals surface area contributed by atoms with Gasteiger partial charge in [0.2, 0.25) is 11.8 Å². The molecule has 0 aromatic rings. The zero-order valence-electron chi connectivity index (χ0n) is 16.4. The minimum absolute atomic E-state index is 0.0917. The summed E-state index contributed by atoms with van der Waals surface area (Å²) >= 11 is 0. The van der Waals surface area contributed by atoms with Crippen LogP contribution in [-0.2, 0) is 9.59 Å². The average molecular weight is 362 g/mol. The number of carbonyl (C=O) groups excluding carboxylic acids is 2. The molecule has 26 heavy (non-hydrogen) atoms. The molecule has 0 spiro atoms. The molecule has 2 unspecified atom stereocenters. The third-order valence-corrected chi connectivity index (χ3v) is 7.67. The predicted molar refractivity (Wildman–Crippen MR) is 101 cm³/mol. The number of amides is 2. The van der Waals surface area contributed by atoms with Crippen molar-refractivity contribution in [2.45, 2.75) is 64.8 Å². The van der Waals surface area contributed by atoms with E-state index in [9.17, 15) is 9.59 Å². The molecule has 5 fully saturated rings. The molecular weight excluding hydrogens is 326 g/mol. The second-order valence-electron chi connectivity index (χ2n) is 10.1. The number of hydrogen-bond acceptors (Lipinski definition) is 3. The Kier molecular flexibility index (Phi) is 4.79. The first-order valence-electron chi connectivity index (χ1n) is 10.7. The highest BCUT2D eigenvalue weighted by atomic mass is 16.2. The Labute approximate surface area is 157 Å². The highest BCUT2D eigenvalue weighted by molar-refractivity contribution is 5.90. The van der Waals surface area contributed by atoms with Gasteiger partial charge in [0.15, 0.2) is 0 Å². The van der Waals surface area contributed by atoms with Gasteiger partial charge in [0, 0.05) is 18.5 Å². The number of nitrogens with zero attached hydrogens (tertiary/aromatic N) is 1. The van der Waals surface area contributed by atoms with Crippen LogP contribution in [0.15, 0.2) is 0 Å². The van der Waals surface area contributed by atoms with Crippen molar-refractivity contribution in [3.63, 3.8) is 0 Å². The van der Waals surface area contributed by atoms with Gasteiger partial charge in [0.25, 0.3) is 0 Å². The van der Waals surface area contributed by atoms with Gasteiger partial charge in [-0.2, -0.15) is 0 Å². The SMILES string of the molecule is CC(C)C(NC(=O)C12CC3CC(CC(C3)C1)C2)C(=O)N1CCC(CN)C1. The second kappa shape index (κ2) is 6.81. The first kappa shape index (κ1) is 18.3. The van der Waals surface area contributed by atoms with E-state index in [0.717, 1.165) is 56.5 Å². The van der Waals surface area contributed by atoms with E-state index >= 15 is 0 Å². The number of likely N-dealkylation sites (tertiary alicyclic amines) is 1. The molecule has 5 rings (SSSR count). The van der Waals surface area contributed by atoms with Gasteiger partial charge in [-0.1, -0.05) is 13.8 Å². The smallest absolute Gasteiger partial charge is 0.245 e. The van der Waals surface area contributed by atoms with Gasteiger partial charge in [-0.15, -0.1) is 0 Å². The summed E-state index contributed by atoms with van der Waals surface area (Å²) in [5, 5.41) is 3.22. The number of nitrogens with one attached hydrogen (secondary N) is 1. The van der Waals surface area contributed by atoms with Crippen LogP contribution in [0.2, 0.25) is 0 Å². The fourth-order valence-electron chi connectivity index (χ4n) is 6.62. The molecule has 2 atom stereocenters. The van der Waals surface area contributed by atoms with Gasteiger partial charge < -0.3 is 16.0 Å². The van der Waals surface area contributed by atoms with Crippen molar-refractivity contribution in [3.8, 4) is 0 Å². The van der Waals surface area contributed by atoms with Gasteiger partial charge in [0.1, 0.15) is 6.04 Å². The monoisotopic (exact) mass is 361 g/mol. The molecule has 146 valence electrons. The summed E-state index contributed by atoms with van der Waals surface area (Å²) in [6, 6.07) is -0.396. The lowest BCUT2D eigenvalue weighted by Gasteiger charge is -2.56. The zero-order valence-corrected chi connectivity index (χ0v) is 16.4. The molecule has 3 N–H and O–H groups in total. The topological polar surface area (TPSA) is 75.4 Å². The number of nitrogens with two attached hydrogens (primary N) is 1. The van der Waals surface area contributed by atoms with E-state index in [4.69, 9.17) is 5.73 Å². The summed E-state index contributed by atoms with van der Waals surface area (Å²) in [7, 11) is 0. The van der Waals surface area contributed by atoms with Gasteiger partial charge in [-0.25, -0.2) is 0 Å². The van der Waals surface area contributed by atoms with Crippen molar-refractivity contribution in [2.24, 2.45) is 40.7 Å². The first-order valence-corrected chi connectivity index (χ1v) is 10.7. The largest absolute Gasteiger partial charge is 0.344 e. The van der Waals surface area contributed by atoms with E-state index in [1.54, 1.807) is 0 Å². The Bertz CT molecular complexity index is 538. The van der Waals surface area contributed by atoms with Crippen LogP contribution in [0, 0.1) is 35.0 Å². The van der Waals surface area contributed by atoms with Crippen LogP contribution >= 0.6 is 0 Å². The van der Waals surface area contributed by atoms with Crippen LogP contribution in [0.3, 0.4) is 0 Å². The molecule has 1 heterocycles. The third kappa shape index (κ3) is 3.17. The molecule has 2 amide bonds. The van der Waals surface area contributed by atoms with Crippen LogP contribution < -0.4 is 11.1 Å². The molecule has 4 saturated carbocycles. The minimum atomic E-state index is -0.396. The van der Waals surface area contributed by atoms with Gasteiger partial charge in [0.05, 0.1) is 0 Å². The molecule has 5 nitrogen and oxygen atoms in total. The van der Waals surface area contributed by atoms with E-state index in [1.165, 1.54) is 19.3 Å². The maximum atomic E-state index is 13.3. The Balaban J connectivity index is 1.45. The Morgan fingerprint density at radius 2 is 1.69 bits per heavy atom. The van der Waals surface area contributed by atoms with Crippen LogP contribution in [-0.4, -0.2) is 42.4 Å². The summed E-state index contributed by atoms with van der Waals surface area (Å²) in [5.41, 5.74) is 5.59. The van der Waals surface area contributed by atoms with Crippen molar-refractivity contribution in [1.82, 2.24) is 10.2 Å². The molecule has 5 aliphatic rings. The van der Waals surface area contributed by atoms with Crippen molar-refractivity contribution >= 4 is 11.8 Å². The van der Waals surface area contributed by atoms with Crippen molar-refractivity contribution < 1.29 is 9.59 Å². The normalized spacial score (nSPS) is 39.5. The molecule has 4 bridgehead atoms. The summed E-state index contributed by atoms with van der Waals surface area (Å²) in [6.45, 7) is 6.23. The van der Waals surface area contributed by atoms with E-state index < -0.39 is 6.04 Å². The highest BCUT2D eigenvalue weighted by Crippen LogP contribution is 2.60.